The molecule has 1 saturated heterocycles. The van der Waals surface area contributed by atoms with Crippen molar-refractivity contribution in [3.63, 3.8) is 0 Å². The van der Waals surface area contributed by atoms with Crippen molar-refractivity contribution < 1.29 is 14.4 Å². The number of carbonyl (C=O) groups is 3. The Balaban J connectivity index is 0.918. The van der Waals surface area contributed by atoms with Crippen LogP contribution in [0.25, 0.3) is 22.3 Å². The monoisotopic (exact) mass is 560 g/mol. The van der Waals surface area contributed by atoms with Crippen LogP contribution in [0.5, 0.6) is 0 Å². The highest BCUT2D eigenvalue weighted by atomic mass is 16.2. The summed E-state index contributed by atoms with van der Waals surface area (Å²) in [5.74, 6) is 0.305. The van der Waals surface area contributed by atoms with Crippen molar-refractivity contribution in [1.82, 2.24) is 29.8 Å². The summed E-state index contributed by atoms with van der Waals surface area (Å²) in [4.78, 5) is 47.4. The van der Waals surface area contributed by atoms with E-state index in [-0.39, 0.29) is 24.3 Å². The number of imide groups is 1. The van der Waals surface area contributed by atoms with Gasteiger partial charge in [-0.1, -0.05) is 24.3 Å². The molecule has 0 bridgehead atoms. The van der Waals surface area contributed by atoms with Gasteiger partial charge in [0, 0.05) is 36.1 Å². The van der Waals surface area contributed by atoms with Crippen molar-refractivity contribution in [2.45, 2.75) is 76.3 Å². The summed E-state index contributed by atoms with van der Waals surface area (Å²) in [6, 6.07) is 14.4. The Morgan fingerprint density at radius 3 is 2.48 bits per heavy atom. The molecule has 4 aliphatic rings. The Morgan fingerprint density at radius 2 is 1.69 bits per heavy atom. The van der Waals surface area contributed by atoms with Gasteiger partial charge in [0.05, 0.1) is 41.2 Å². The fourth-order valence-electron chi connectivity index (χ4n) is 6.72. The van der Waals surface area contributed by atoms with Crippen LogP contribution in [-0.2, 0) is 22.6 Å². The van der Waals surface area contributed by atoms with Gasteiger partial charge < -0.3 is 0 Å². The second-order valence-corrected chi connectivity index (χ2v) is 12.3. The van der Waals surface area contributed by atoms with Crippen LogP contribution in [0.1, 0.15) is 90.5 Å². The lowest BCUT2D eigenvalue weighted by Crippen LogP contribution is -2.51. The minimum absolute atomic E-state index is 0.254. The van der Waals surface area contributed by atoms with E-state index in [0.717, 1.165) is 69.8 Å². The molecule has 0 radical (unpaired) electrons. The number of hydrogen-bond acceptors (Lipinski definition) is 6. The zero-order chi connectivity index (χ0) is 28.4. The molecule has 2 aliphatic heterocycles. The first-order chi connectivity index (χ1) is 20.5. The molecule has 0 unspecified atom stereocenters. The second-order valence-electron chi connectivity index (χ2n) is 12.3. The van der Waals surface area contributed by atoms with Crippen molar-refractivity contribution in [1.29, 1.82) is 0 Å². The number of amides is 3. The smallest absolute Gasteiger partial charge is 0.273 e. The number of hydrazine groups is 1. The molecule has 0 spiro atoms. The van der Waals surface area contributed by atoms with E-state index >= 15 is 0 Å². The van der Waals surface area contributed by atoms with Crippen LogP contribution >= 0.6 is 0 Å². The summed E-state index contributed by atoms with van der Waals surface area (Å²) < 4.78 is 2.17. The third kappa shape index (κ3) is 4.38. The molecule has 9 heteroatoms. The maximum atomic E-state index is 13.2. The third-order valence-electron chi connectivity index (χ3n) is 9.33. The second kappa shape index (κ2) is 9.86. The van der Waals surface area contributed by atoms with Crippen molar-refractivity contribution in [3.05, 3.63) is 77.2 Å². The number of aromatic nitrogens is 4. The van der Waals surface area contributed by atoms with Crippen LogP contribution in [-0.4, -0.2) is 47.5 Å². The van der Waals surface area contributed by atoms with Crippen molar-refractivity contribution in [2.24, 2.45) is 5.92 Å². The Hall–Kier alpha value is -4.40. The van der Waals surface area contributed by atoms with E-state index in [1.165, 1.54) is 17.9 Å². The Labute approximate surface area is 243 Å². The summed E-state index contributed by atoms with van der Waals surface area (Å²) in [6.45, 7) is 0.274. The number of hydrogen-bond donors (Lipinski definition) is 0. The molecule has 2 aromatic carbocycles. The van der Waals surface area contributed by atoms with Crippen LogP contribution in [0.15, 0.2) is 54.9 Å². The molecule has 0 N–H and O–H groups in total. The first kappa shape index (κ1) is 25.3. The zero-order valence-electron chi connectivity index (χ0n) is 23.4. The summed E-state index contributed by atoms with van der Waals surface area (Å²) in [5.41, 5.74) is 7.59. The molecular weight excluding hydrogens is 528 g/mol. The highest BCUT2D eigenvalue weighted by Gasteiger charge is 2.39. The maximum Gasteiger partial charge on any atom is 0.273 e. The number of carbonyl (C=O) groups excluding carboxylic acids is 3. The number of aryl methyl sites for hydroxylation is 1. The SMILES string of the molecule is O=C1c2cc(CC[C@H]3C[C@H](n4cc(-c5cnc6ccccc6n5)c(C5CC5)n4)C3)ccc2CN1N1C(=O)CCCC1=O. The Kier molecular flexibility index (Phi) is 5.94. The summed E-state index contributed by atoms with van der Waals surface area (Å²) >= 11 is 0. The Morgan fingerprint density at radius 1 is 0.905 bits per heavy atom. The predicted molar refractivity (Wildman–Crippen MR) is 155 cm³/mol. The van der Waals surface area contributed by atoms with Gasteiger partial charge in [-0.3, -0.25) is 24.0 Å². The zero-order valence-corrected chi connectivity index (χ0v) is 23.4. The number of piperidine rings is 1. The van der Waals surface area contributed by atoms with Gasteiger partial charge in [-0.15, -0.1) is 0 Å². The minimum Gasteiger partial charge on any atom is -0.273 e. The molecule has 0 atom stereocenters. The molecule has 3 fully saturated rings. The van der Waals surface area contributed by atoms with E-state index in [1.807, 2.05) is 42.6 Å². The van der Waals surface area contributed by atoms with Crippen molar-refractivity contribution in [2.75, 3.05) is 0 Å². The largest absolute Gasteiger partial charge is 0.273 e. The minimum atomic E-state index is -0.286. The normalized spacial score (nSPS) is 22.1. The molecule has 4 aromatic rings. The fraction of sp³-hybridized carbons (Fsp3) is 0.394. The van der Waals surface area contributed by atoms with Gasteiger partial charge in [-0.05, 0) is 80.2 Å². The van der Waals surface area contributed by atoms with Gasteiger partial charge in [-0.25, -0.2) is 9.99 Å². The average Bonchev–Trinajstić information content (AvgIpc) is 3.66. The van der Waals surface area contributed by atoms with Crippen LogP contribution < -0.4 is 0 Å². The number of para-hydroxylation sites is 2. The van der Waals surface area contributed by atoms with Crippen molar-refractivity contribution in [3.8, 4) is 11.3 Å². The average molecular weight is 561 g/mol. The summed E-state index contributed by atoms with van der Waals surface area (Å²) in [5, 5.41) is 7.46. The van der Waals surface area contributed by atoms with Crippen LogP contribution in [0.4, 0.5) is 0 Å². The van der Waals surface area contributed by atoms with Crippen LogP contribution in [0.2, 0.25) is 0 Å². The molecule has 42 heavy (non-hydrogen) atoms. The van der Waals surface area contributed by atoms with E-state index in [2.05, 4.69) is 21.9 Å². The Bertz CT molecular complexity index is 1740. The van der Waals surface area contributed by atoms with Gasteiger partial charge in [-0.2, -0.15) is 10.1 Å². The first-order valence-electron chi connectivity index (χ1n) is 15.1. The predicted octanol–water partition coefficient (Wildman–Crippen LogP) is 5.36. The summed E-state index contributed by atoms with van der Waals surface area (Å²) in [6.07, 6.45) is 11.7. The van der Waals surface area contributed by atoms with Gasteiger partial charge >= 0.3 is 0 Å². The lowest BCUT2D eigenvalue weighted by molar-refractivity contribution is -0.163. The van der Waals surface area contributed by atoms with E-state index in [0.29, 0.717) is 42.7 Å². The molecule has 2 saturated carbocycles. The maximum absolute atomic E-state index is 13.2. The third-order valence-corrected chi connectivity index (χ3v) is 9.33. The molecule has 212 valence electrons. The number of rotatable bonds is 7. The molecule has 3 amide bonds. The van der Waals surface area contributed by atoms with Gasteiger partial charge in [0.1, 0.15) is 0 Å². The molecular formula is C33H32N6O3. The highest BCUT2D eigenvalue weighted by molar-refractivity contribution is 6.04. The van der Waals surface area contributed by atoms with Crippen LogP contribution in [0.3, 0.4) is 0 Å². The van der Waals surface area contributed by atoms with Crippen molar-refractivity contribution >= 4 is 28.8 Å². The van der Waals surface area contributed by atoms with E-state index in [9.17, 15) is 14.4 Å². The molecule has 4 heterocycles. The standard InChI is InChI=1S/C33H32N6O3/c40-30-6-3-7-31(41)39(30)38-18-23-11-10-20(16-25(23)33(38)42)8-9-21-14-24(15-21)37-19-26(32(36-37)22-12-13-22)29-17-34-27-4-1-2-5-28(27)35-29/h1-2,4-5,10-11,16-17,19,21-22,24H,3,6-9,12-15,18H2/t21-,24-. The fourth-order valence-corrected chi connectivity index (χ4v) is 6.72. The van der Waals surface area contributed by atoms with Gasteiger partial charge in [0.15, 0.2) is 0 Å². The number of fused-ring (bicyclic) bond motifs is 2. The highest BCUT2D eigenvalue weighted by Crippen LogP contribution is 2.46. The lowest BCUT2D eigenvalue weighted by Gasteiger charge is -2.35. The van der Waals surface area contributed by atoms with E-state index < -0.39 is 0 Å². The van der Waals surface area contributed by atoms with Gasteiger partial charge in [0.25, 0.3) is 5.91 Å². The topological polar surface area (TPSA) is 101 Å². The first-order valence-corrected chi connectivity index (χ1v) is 15.1. The molecule has 8 rings (SSSR count). The number of nitrogens with zero attached hydrogens (tertiary/aromatic N) is 6. The quantitative estimate of drug-likeness (QED) is 0.282. The lowest BCUT2D eigenvalue weighted by atomic mass is 9.77. The van der Waals surface area contributed by atoms with Crippen LogP contribution in [0, 0.1) is 5.92 Å². The van der Waals surface area contributed by atoms with E-state index in [1.54, 1.807) is 0 Å². The summed E-state index contributed by atoms with van der Waals surface area (Å²) in [7, 11) is 0. The van der Waals surface area contributed by atoms with Gasteiger partial charge in [0.2, 0.25) is 11.8 Å². The number of benzene rings is 2. The van der Waals surface area contributed by atoms with E-state index in [4.69, 9.17) is 10.1 Å². The molecule has 2 aliphatic carbocycles. The molecule has 9 nitrogen and oxygen atoms in total. The molecule has 2 aromatic heterocycles.